The van der Waals surface area contributed by atoms with Crippen LogP contribution in [0.2, 0.25) is 0 Å². The van der Waals surface area contributed by atoms with Crippen LogP contribution < -0.4 is 0 Å². The van der Waals surface area contributed by atoms with Crippen LogP contribution >= 0.6 is 0 Å². The van der Waals surface area contributed by atoms with Crippen molar-refractivity contribution in [3.8, 4) is 33.7 Å². The smallest absolute Gasteiger partial charge is 0.229 e. The minimum Gasteiger partial charge on any atom is -0.436 e. The maximum Gasteiger partial charge on any atom is 0.229 e. The second-order valence-electron chi connectivity index (χ2n) is 11.9. The predicted molar refractivity (Wildman–Crippen MR) is 180 cm³/mol. The summed E-state index contributed by atoms with van der Waals surface area (Å²) < 4.78 is 6.54. The van der Waals surface area contributed by atoms with Gasteiger partial charge in [0.25, 0.3) is 0 Å². The molecule has 7 rings (SSSR count). The van der Waals surface area contributed by atoms with Crippen molar-refractivity contribution in [2.75, 3.05) is 0 Å². The molecule has 0 spiro atoms. The van der Waals surface area contributed by atoms with Gasteiger partial charge in [0.1, 0.15) is 5.52 Å². The Kier molecular flexibility index (Phi) is 6.71. The van der Waals surface area contributed by atoms with Crippen molar-refractivity contribution in [1.29, 1.82) is 0 Å². The van der Waals surface area contributed by atoms with Gasteiger partial charge in [-0.1, -0.05) is 124 Å². The molecule has 0 saturated heterocycles. The molecule has 1 heterocycles. The molecule has 0 bridgehead atoms. The van der Waals surface area contributed by atoms with Crippen LogP contribution in [0.5, 0.6) is 0 Å². The molecule has 0 aliphatic heterocycles. The normalized spacial score (nSPS) is 12.0. The van der Waals surface area contributed by atoms with Crippen LogP contribution in [0.1, 0.15) is 31.9 Å². The molecular formula is C40H32N2O. The summed E-state index contributed by atoms with van der Waals surface area (Å²) in [7, 11) is 0. The van der Waals surface area contributed by atoms with Gasteiger partial charge in [0.15, 0.2) is 5.58 Å². The van der Waals surface area contributed by atoms with Crippen molar-refractivity contribution in [3.05, 3.63) is 145 Å². The fourth-order valence-corrected chi connectivity index (χ4v) is 5.56. The first-order valence-corrected chi connectivity index (χ1v) is 14.7. The van der Waals surface area contributed by atoms with Crippen LogP contribution in [0.3, 0.4) is 0 Å². The van der Waals surface area contributed by atoms with Gasteiger partial charge in [-0.2, -0.15) is 0 Å². The van der Waals surface area contributed by atoms with Gasteiger partial charge in [0.2, 0.25) is 5.89 Å². The summed E-state index contributed by atoms with van der Waals surface area (Å²) in [6, 6.07) is 46.3. The van der Waals surface area contributed by atoms with Crippen molar-refractivity contribution in [2.24, 2.45) is 4.99 Å². The average Bonchev–Trinajstić information content (AvgIpc) is 3.48. The molecule has 0 N–H and O–H groups in total. The molecule has 3 nitrogen and oxygen atoms in total. The zero-order chi connectivity index (χ0) is 29.4. The van der Waals surface area contributed by atoms with E-state index in [1.165, 1.54) is 27.5 Å². The predicted octanol–water partition coefficient (Wildman–Crippen LogP) is 11.0. The number of nitrogens with zero attached hydrogens (tertiary/aromatic N) is 2. The van der Waals surface area contributed by atoms with Gasteiger partial charge in [-0.15, -0.1) is 0 Å². The average molecular weight is 557 g/mol. The molecule has 208 valence electrons. The fourth-order valence-electron chi connectivity index (χ4n) is 5.56. The second kappa shape index (κ2) is 10.8. The molecule has 0 radical (unpaired) electrons. The van der Waals surface area contributed by atoms with Gasteiger partial charge < -0.3 is 4.42 Å². The van der Waals surface area contributed by atoms with E-state index in [0.29, 0.717) is 5.89 Å². The SMILES string of the molecule is CC(C)(C)c1cc(-c2cccc(-c3ccccc3)c2)c2nc(-c3ccccc3N=Cc3cccc4ccccc34)oc2c1. The first-order valence-electron chi connectivity index (χ1n) is 14.7. The van der Waals surface area contributed by atoms with Gasteiger partial charge in [0.05, 0.1) is 11.3 Å². The molecule has 0 saturated carbocycles. The number of hydrogen-bond donors (Lipinski definition) is 0. The largest absolute Gasteiger partial charge is 0.436 e. The molecule has 3 heteroatoms. The van der Waals surface area contributed by atoms with Crippen molar-refractivity contribution in [2.45, 2.75) is 26.2 Å². The topological polar surface area (TPSA) is 38.4 Å². The molecule has 43 heavy (non-hydrogen) atoms. The molecule has 0 atom stereocenters. The highest BCUT2D eigenvalue weighted by molar-refractivity contribution is 6.01. The van der Waals surface area contributed by atoms with E-state index in [4.69, 9.17) is 14.4 Å². The van der Waals surface area contributed by atoms with E-state index in [2.05, 4.69) is 124 Å². The Morgan fingerprint density at radius 1 is 0.628 bits per heavy atom. The summed E-state index contributed by atoms with van der Waals surface area (Å²) in [6.07, 6.45) is 1.93. The molecule has 0 aliphatic rings. The summed E-state index contributed by atoms with van der Waals surface area (Å²) in [5.74, 6) is 0.562. The Bertz CT molecular complexity index is 2110. The summed E-state index contributed by atoms with van der Waals surface area (Å²) in [6.45, 7) is 6.69. The number of aliphatic imine (C=N–C) groups is 1. The molecule has 0 unspecified atom stereocenters. The lowest BCUT2D eigenvalue weighted by Crippen LogP contribution is -2.11. The highest BCUT2D eigenvalue weighted by atomic mass is 16.3. The maximum atomic E-state index is 6.54. The van der Waals surface area contributed by atoms with E-state index in [1.54, 1.807) is 0 Å². The summed E-state index contributed by atoms with van der Waals surface area (Å²) in [4.78, 5) is 10.0. The molecule has 0 amide bonds. The van der Waals surface area contributed by atoms with E-state index in [0.717, 1.165) is 39.0 Å². The number of para-hydroxylation sites is 1. The van der Waals surface area contributed by atoms with E-state index in [-0.39, 0.29) is 5.41 Å². The fraction of sp³-hybridized carbons (Fsp3) is 0.100. The Morgan fingerprint density at radius 3 is 2.19 bits per heavy atom. The van der Waals surface area contributed by atoms with Gasteiger partial charge in [0, 0.05) is 17.3 Å². The lowest BCUT2D eigenvalue weighted by atomic mass is 9.85. The van der Waals surface area contributed by atoms with Crippen LogP contribution in [0.4, 0.5) is 5.69 Å². The van der Waals surface area contributed by atoms with Crippen LogP contribution in [-0.4, -0.2) is 11.2 Å². The zero-order valence-electron chi connectivity index (χ0n) is 24.6. The van der Waals surface area contributed by atoms with Crippen LogP contribution in [0.25, 0.3) is 55.6 Å². The van der Waals surface area contributed by atoms with E-state index >= 15 is 0 Å². The molecule has 7 aromatic rings. The van der Waals surface area contributed by atoms with Gasteiger partial charge in [-0.05, 0) is 68.8 Å². The lowest BCUT2D eigenvalue weighted by Gasteiger charge is -2.20. The third-order valence-electron chi connectivity index (χ3n) is 7.94. The summed E-state index contributed by atoms with van der Waals surface area (Å²) in [5, 5.41) is 2.36. The summed E-state index contributed by atoms with van der Waals surface area (Å²) >= 11 is 0. The third-order valence-corrected chi connectivity index (χ3v) is 7.94. The number of rotatable bonds is 5. The van der Waals surface area contributed by atoms with Crippen molar-refractivity contribution in [3.63, 3.8) is 0 Å². The number of hydrogen-bond acceptors (Lipinski definition) is 3. The lowest BCUT2D eigenvalue weighted by molar-refractivity contribution is 0.584. The Labute approximate surface area is 252 Å². The zero-order valence-corrected chi connectivity index (χ0v) is 24.6. The van der Waals surface area contributed by atoms with E-state index in [9.17, 15) is 0 Å². The third kappa shape index (κ3) is 5.26. The van der Waals surface area contributed by atoms with Crippen molar-refractivity contribution in [1.82, 2.24) is 4.98 Å². The number of benzene rings is 6. The van der Waals surface area contributed by atoms with E-state index in [1.807, 2.05) is 36.5 Å². The molecule has 0 fully saturated rings. The molecule has 6 aromatic carbocycles. The standard InChI is InChI=1S/C40H32N2O/c1-40(2,3)32-24-35(30-18-12-17-29(23-30)27-13-5-4-6-14-27)38-37(25-32)43-39(42-38)34-21-9-10-22-36(34)41-26-31-19-11-16-28-15-7-8-20-33(28)31/h4-26H,1-3H3. The minimum absolute atomic E-state index is 0.0619. The molecule has 0 aliphatic carbocycles. The van der Waals surface area contributed by atoms with Gasteiger partial charge >= 0.3 is 0 Å². The van der Waals surface area contributed by atoms with Gasteiger partial charge in [-0.25, -0.2) is 4.98 Å². The minimum atomic E-state index is -0.0619. The Balaban J connectivity index is 1.35. The van der Waals surface area contributed by atoms with Crippen LogP contribution in [0, 0.1) is 0 Å². The van der Waals surface area contributed by atoms with Gasteiger partial charge in [-0.3, -0.25) is 4.99 Å². The maximum absolute atomic E-state index is 6.54. The van der Waals surface area contributed by atoms with Crippen LogP contribution in [0.15, 0.2) is 143 Å². The quantitative estimate of drug-likeness (QED) is 0.198. The number of oxazole rings is 1. The Morgan fingerprint density at radius 2 is 1.33 bits per heavy atom. The first kappa shape index (κ1) is 26.6. The van der Waals surface area contributed by atoms with Crippen molar-refractivity contribution >= 4 is 33.8 Å². The monoisotopic (exact) mass is 556 g/mol. The molecular weight excluding hydrogens is 524 g/mol. The van der Waals surface area contributed by atoms with Crippen LogP contribution in [-0.2, 0) is 5.41 Å². The second-order valence-corrected chi connectivity index (χ2v) is 11.9. The highest BCUT2D eigenvalue weighted by Crippen LogP contribution is 2.39. The summed E-state index contributed by atoms with van der Waals surface area (Å²) in [5.41, 5.74) is 10.0. The highest BCUT2D eigenvalue weighted by Gasteiger charge is 2.21. The van der Waals surface area contributed by atoms with E-state index < -0.39 is 0 Å². The van der Waals surface area contributed by atoms with Crippen molar-refractivity contribution < 1.29 is 4.42 Å². The Hall–Kier alpha value is -5.28. The molecule has 1 aromatic heterocycles. The number of fused-ring (bicyclic) bond motifs is 2. The first-order chi connectivity index (χ1) is 20.9. The number of aromatic nitrogens is 1.